The summed E-state index contributed by atoms with van der Waals surface area (Å²) in [7, 11) is 1.65. The first-order chi connectivity index (χ1) is 12.5. The van der Waals surface area contributed by atoms with Crippen molar-refractivity contribution in [2.75, 3.05) is 26.2 Å². The summed E-state index contributed by atoms with van der Waals surface area (Å²) in [5.74, 6) is 0.853. The summed E-state index contributed by atoms with van der Waals surface area (Å²) < 4.78 is 1.42. The Morgan fingerprint density at radius 1 is 1.15 bits per heavy atom. The SMILES string of the molecule is Cn1cc(C(=O)N2CCC3(CCCN(CC4CCC4)C3=O)C2)ccc1=O. The van der Waals surface area contributed by atoms with Gasteiger partial charge in [-0.05, 0) is 44.1 Å². The first kappa shape index (κ1) is 17.3. The molecule has 26 heavy (non-hydrogen) atoms. The van der Waals surface area contributed by atoms with Crippen LogP contribution in [0.5, 0.6) is 0 Å². The van der Waals surface area contributed by atoms with E-state index in [9.17, 15) is 14.4 Å². The Bertz CT molecular complexity index is 783. The van der Waals surface area contributed by atoms with Crippen molar-refractivity contribution in [2.24, 2.45) is 18.4 Å². The molecule has 3 fully saturated rings. The van der Waals surface area contributed by atoms with Crippen molar-refractivity contribution in [3.8, 4) is 0 Å². The van der Waals surface area contributed by atoms with Gasteiger partial charge < -0.3 is 14.4 Å². The zero-order valence-corrected chi connectivity index (χ0v) is 15.4. The van der Waals surface area contributed by atoms with Crippen LogP contribution in [-0.4, -0.2) is 52.4 Å². The maximum absolute atomic E-state index is 13.2. The van der Waals surface area contributed by atoms with Crippen molar-refractivity contribution in [1.29, 1.82) is 0 Å². The highest BCUT2D eigenvalue weighted by Crippen LogP contribution is 2.41. The maximum Gasteiger partial charge on any atom is 0.255 e. The van der Waals surface area contributed by atoms with E-state index in [2.05, 4.69) is 4.90 Å². The number of aryl methyl sites for hydroxylation is 1. The molecule has 140 valence electrons. The van der Waals surface area contributed by atoms with E-state index in [0.29, 0.717) is 24.6 Å². The molecule has 6 heteroatoms. The minimum atomic E-state index is -0.391. The van der Waals surface area contributed by atoms with Gasteiger partial charge in [-0.15, -0.1) is 0 Å². The molecule has 1 spiro atoms. The second-order valence-electron chi connectivity index (χ2n) is 8.28. The number of piperidine rings is 1. The molecule has 0 radical (unpaired) electrons. The maximum atomic E-state index is 13.2. The van der Waals surface area contributed by atoms with E-state index in [1.54, 1.807) is 24.2 Å². The lowest BCUT2D eigenvalue weighted by atomic mass is 9.77. The number of likely N-dealkylation sites (tertiary alicyclic amines) is 2. The molecule has 2 amide bonds. The van der Waals surface area contributed by atoms with Crippen LogP contribution in [0.25, 0.3) is 0 Å². The highest BCUT2D eigenvalue weighted by atomic mass is 16.2. The third-order valence-electron chi connectivity index (χ3n) is 6.50. The van der Waals surface area contributed by atoms with Gasteiger partial charge >= 0.3 is 0 Å². The van der Waals surface area contributed by atoms with E-state index in [-0.39, 0.29) is 17.4 Å². The molecular formula is C20H27N3O3. The zero-order chi connectivity index (χ0) is 18.3. The lowest BCUT2D eigenvalue weighted by molar-refractivity contribution is -0.146. The van der Waals surface area contributed by atoms with Crippen molar-refractivity contribution in [3.63, 3.8) is 0 Å². The molecule has 4 rings (SSSR count). The lowest BCUT2D eigenvalue weighted by Gasteiger charge is -2.42. The molecule has 6 nitrogen and oxygen atoms in total. The molecule has 1 aromatic heterocycles. The van der Waals surface area contributed by atoms with Crippen LogP contribution in [0.4, 0.5) is 0 Å². The van der Waals surface area contributed by atoms with Crippen molar-refractivity contribution >= 4 is 11.8 Å². The van der Waals surface area contributed by atoms with Crippen LogP contribution in [0.1, 0.15) is 48.9 Å². The number of hydrogen-bond donors (Lipinski definition) is 0. The molecule has 2 aliphatic heterocycles. The first-order valence-electron chi connectivity index (χ1n) is 9.74. The molecule has 0 bridgehead atoms. The molecule has 1 atom stereocenters. The van der Waals surface area contributed by atoms with E-state index in [4.69, 9.17) is 0 Å². The van der Waals surface area contributed by atoms with Crippen molar-refractivity contribution < 1.29 is 9.59 Å². The summed E-state index contributed by atoms with van der Waals surface area (Å²) in [6, 6.07) is 3.01. The lowest BCUT2D eigenvalue weighted by Crippen LogP contribution is -2.52. The Balaban J connectivity index is 1.47. The zero-order valence-electron chi connectivity index (χ0n) is 15.4. The van der Waals surface area contributed by atoms with E-state index < -0.39 is 5.41 Å². The van der Waals surface area contributed by atoms with Gasteiger partial charge in [0, 0.05) is 45.5 Å². The summed E-state index contributed by atoms with van der Waals surface area (Å²) >= 11 is 0. The standard InChI is InChI=1S/C20H27N3O3/c1-21-13-16(6-7-17(21)24)18(25)23-11-9-20(14-23)8-3-10-22(19(20)26)12-15-4-2-5-15/h6-7,13,15H,2-5,8-12,14H2,1H3. The van der Waals surface area contributed by atoms with Crippen LogP contribution in [0.15, 0.2) is 23.1 Å². The van der Waals surface area contributed by atoms with Crippen molar-refractivity contribution in [3.05, 3.63) is 34.2 Å². The number of aromatic nitrogens is 1. The Morgan fingerprint density at radius 2 is 1.96 bits per heavy atom. The Hall–Kier alpha value is -2.11. The number of rotatable bonds is 3. The van der Waals surface area contributed by atoms with Crippen molar-refractivity contribution in [2.45, 2.75) is 38.5 Å². The number of amides is 2. The topological polar surface area (TPSA) is 62.6 Å². The van der Waals surface area contributed by atoms with E-state index in [0.717, 1.165) is 32.4 Å². The summed E-state index contributed by atoms with van der Waals surface area (Å²) in [5, 5.41) is 0. The second kappa shape index (κ2) is 6.56. The predicted molar refractivity (Wildman–Crippen MR) is 97.8 cm³/mol. The molecule has 1 unspecified atom stereocenters. The molecular weight excluding hydrogens is 330 g/mol. The summed E-state index contributed by atoms with van der Waals surface area (Å²) in [5.41, 5.74) is -0.00883. The second-order valence-corrected chi connectivity index (χ2v) is 8.28. The van der Waals surface area contributed by atoms with Crippen LogP contribution in [-0.2, 0) is 11.8 Å². The third kappa shape index (κ3) is 2.95. The molecule has 0 N–H and O–H groups in total. The van der Waals surface area contributed by atoms with Crippen LogP contribution in [0, 0.1) is 11.3 Å². The molecule has 3 heterocycles. The molecule has 1 aliphatic carbocycles. The summed E-state index contributed by atoms with van der Waals surface area (Å²) in [6.45, 7) is 2.89. The number of nitrogens with zero attached hydrogens (tertiary/aromatic N) is 3. The number of carbonyl (C=O) groups is 2. The number of carbonyl (C=O) groups excluding carboxylic acids is 2. The fourth-order valence-electron chi connectivity index (χ4n) is 4.64. The van der Waals surface area contributed by atoms with Crippen LogP contribution in [0.3, 0.4) is 0 Å². The molecule has 3 aliphatic rings. The van der Waals surface area contributed by atoms with E-state index >= 15 is 0 Å². The third-order valence-corrected chi connectivity index (χ3v) is 6.50. The summed E-state index contributed by atoms with van der Waals surface area (Å²) in [6.07, 6.45) is 8.03. The quantitative estimate of drug-likeness (QED) is 0.826. The highest BCUT2D eigenvalue weighted by molar-refractivity contribution is 5.95. The van der Waals surface area contributed by atoms with Crippen LogP contribution < -0.4 is 5.56 Å². The van der Waals surface area contributed by atoms with Gasteiger partial charge in [-0.3, -0.25) is 14.4 Å². The van der Waals surface area contributed by atoms with Crippen LogP contribution in [0.2, 0.25) is 0 Å². The average Bonchev–Trinajstić information content (AvgIpc) is 3.01. The van der Waals surface area contributed by atoms with Gasteiger partial charge in [0.15, 0.2) is 0 Å². The summed E-state index contributed by atoms with van der Waals surface area (Å²) in [4.78, 5) is 41.4. The number of pyridine rings is 1. The van der Waals surface area contributed by atoms with Crippen LogP contribution >= 0.6 is 0 Å². The van der Waals surface area contributed by atoms with Gasteiger partial charge in [0.25, 0.3) is 5.91 Å². The van der Waals surface area contributed by atoms with Gasteiger partial charge in [-0.1, -0.05) is 6.42 Å². The minimum Gasteiger partial charge on any atom is -0.342 e. The Kier molecular flexibility index (Phi) is 4.37. The van der Waals surface area contributed by atoms with Gasteiger partial charge in [0.1, 0.15) is 0 Å². The van der Waals surface area contributed by atoms with Crippen molar-refractivity contribution in [1.82, 2.24) is 14.4 Å². The molecule has 2 saturated heterocycles. The Labute approximate surface area is 153 Å². The van der Waals surface area contributed by atoms with E-state index in [1.165, 1.54) is 29.9 Å². The molecule has 1 saturated carbocycles. The smallest absolute Gasteiger partial charge is 0.255 e. The Morgan fingerprint density at radius 3 is 2.65 bits per heavy atom. The fourth-order valence-corrected chi connectivity index (χ4v) is 4.64. The first-order valence-corrected chi connectivity index (χ1v) is 9.74. The highest BCUT2D eigenvalue weighted by Gasteiger charge is 2.49. The normalized spacial score (nSPS) is 26.4. The van der Waals surface area contributed by atoms with Gasteiger partial charge in [0.05, 0.1) is 11.0 Å². The van der Waals surface area contributed by atoms with Gasteiger partial charge in [0.2, 0.25) is 11.5 Å². The van der Waals surface area contributed by atoms with E-state index in [1.807, 2.05) is 0 Å². The minimum absolute atomic E-state index is 0.0820. The molecule has 0 aromatic carbocycles. The fraction of sp³-hybridized carbons (Fsp3) is 0.650. The predicted octanol–water partition coefficient (Wildman–Crippen LogP) is 1.64. The monoisotopic (exact) mass is 357 g/mol. The largest absolute Gasteiger partial charge is 0.342 e. The van der Waals surface area contributed by atoms with Gasteiger partial charge in [-0.2, -0.15) is 0 Å². The van der Waals surface area contributed by atoms with Gasteiger partial charge in [-0.25, -0.2) is 0 Å². The number of hydrogen-bond acceptors (Lipinski definition) is 3. The molecule has 1 aromatic rings. The average molecular weight is 357 g/mol.